The van der Waals surface area contributed by atoms with Crippen LogP contribution >= 0.6 is 0 Å². The molecule has 0 spiro atoms. The van der Waals surface area contributed by atoms with Gasteiger partial charge in [0.25, 0.3) is 5.91 Å². The van der Waals surface area contributed by atoms with Crippen LogP contribution in [0.1, 0.15) is 39.5 Å². The van der Waals surface area contributed by atoms with Crippen molar-refractivity contribution >= 4 is 5.91 Å². The Balaban J connectivity index is 1.82. The monoisotopic (exact) mass is 285 g/mol. The number of aromatic hydroxyl groups is 1. The lowest BCUT2D eigenvalue weighted by atomic mass is 10.0. The van der Waals surface area contributed by atoms with E-state index in [0.29, 0.717) is 0 Å². The smallest absolute Gasteiger partial charge is 0.255 e. The maximum atomic E-state index is 13.2. The molecule has 2 aromatic carbocycles. The molecule has 0 unspecified atom stereocenters. The second kappa shape index (κ2) is 5.20. The van der Waals surface area contributed by atoms with Gasteiger partial charge in [-0.25, -0.2) is 4.39 Å². The summed E-state index contributed by atoms with van der Waals surface area (Å²) in [6, 6.07) is 9.44. The first-order chi connectivity index (χ1) is 10.0. The van der Waals surface area contributed by atoms with Gasteiger partial charge < -0.3 is 10.4 Å². The fourth-order valence-electron chi connectivity index (χ4n) is 2.82. The molecule has 2 N–H and O–H groups in total. The van der Waals surface area contributed by atoms with Crippen LogP contribution in [0, 0.1) is 12.7 Å². The zero-order valence-electron chi connectivity index (χ0n) is 11.7. The summed E-state index contributed by atoms with van der Waals surface area (Å²) >= 11 is 0. The third kappa shape index (κ3) is 2.61. The molecule has 3 rings (SSSR count). The highest BCUT2D eigenvalue weighted by Gasteiger charge is 2.25. The Kier molecular flexibility index (Phi) is 3.37. The second-order valence-electron chi connectivity index (χ2n) is 5.43. The van der Waals surface area contributed by atoms with E-state index in [1.165, 1.54) is 17.2 Å². The third-order valence-electron chi connectivity index (χ3n) is 3.88. The van der Waals surface area contributed by atoms with Crippen LogP contribution in [0.4, 0.5) is 4.39 Å². The summed E-state index contributed by atoms with van der Waals surface area (Å²) in [5, 5.41) is 12.6. The average Bonchev–Trinajstić information content (AvgIpc) is 2.83. The number of carbonyl (C=O) groups is 1. The van der Waals surface area contributed by atoms with Crippen LogP contribution in [0.15, 0.2) is 36.4 Å². The molecule has 3 nitrogen and oxygen atoms in total. The normalized spacial score (nSPS) is 16.6. The van der Waals surface area contributed by atoms with E-state index in [4.69, 9.17) is 0 Å². The van der Waals surface area contributed by atoms with Gasteiger partial charge in [-0.1, -0.05) is 23.8 Å². The fourth-order valence-corrected chi connectivity index (χ4v) is 2.82. The van der Waals surface area contributed by atoms with Crippen molar-refractivity contribution in [3.8, 4) is 5.75 Å². The number of rotatable bonds is 2. The van der Waals surface area contributed by atoms with E-state index < -0.39 is 11.7 Å². The number of benzene rings is 2. The highest BCUT2D eigenvalue weighted by atomic mass is 19.1. The lowest BCUT2D eigenvalue weighted by molar-refractivity contribution is 0.0933. The molecule has 0 heterocycles. The number of hydrogen-bond acceptors (Lipinski definition) is 2. The van der Waals surface area contributed by atoms with E-state index in [1.54, 1.807) is 0 Å². The van der Waals surface area contributed by atoms with Crippen LogP contribution < -0.4 is 5.32 Å². The highest BCUT2D eigenvalue weighted by molar-refractivity contribution is 5.97. The van der Waals surface area contributed by atoms with Gasteiger partial charge in [-0.15, -0.1) is 0 Å². The number of phenols is 1. The molecule has 2 aromatic rings. The summed E-state index contributed by atoms with van der Waals surface area (Å²) in [6.07, 6.45) is 1.73. The van der Waals surface area contributed by atoms with Crippen LogP contribution in [0.25, 0.3) is 0 Å². The minimum absolute atomic E-state index is 0.0319. The van der Waals surface area contributed by atoms with Crippen LogP contribution in [-0.4, -0.2) is 11.0 Å². The van der Waals surface area contributed by atoms with Gasteiger partial charge in [0.05, 0.1) is 11.6 Å². The van der Waals surface area contributed by atoms with Gasteiger partial charge in [-0.2, -0.15) is 0 Å². The first kappa shape index (κ1) is 13.6. The lowest BCUT2D eigenvalue weighted by Crippen LogP contribution is -2.27. The van der Waals surface area contributed by atoms with E-state index in [2.05, 4.69) is 11.4 Å². The van der Waals surface area contributed by atoms with Crippen molar-refractivity contribution in [2.75, 3.05) is 0 Å². The summed E-state index contributed by atoms with van der Waals surface area (Å²) < 4.78 is 13.2. The van der Waals surface area contributed by atoms with Crippen LogP contribution in [0.3, 0.4) is 0 Å². The van der Waals surface area contributed by atoms with E-state index in [9.17, 15) is 14.3 Å². The van der Waals surface area contributed by atoms with Crippen molar-refractivity contribution in [2.45, 2.75) is 25.8 Å². The molecule has 1 atom stereocenters. The Morgan fingerprint density at radius 2 is 2.10 bits per heavy atom. The Morgan fingerprint density at radius 1 is 1.29 bits per heavy atom. The first-order valence-corrected chi connectivity index (χ1v) is 6.93. The molecule has 0 saturated heterocycles. The zero-order chi connectivity index (χ0) is 15.0. The molecular formula is C17H16FNO2. The predicted octanol–water partition coefficient (Wildman–Crippen LogP) is 3.26. The van der Waals surface area contributed by atoms with E-state index in [0.717, 1.165) is 30.5 Å². The van der Waals surface area contributed by atoms with Crippen molar-refractivity contribution in [2.24, 2.45) is 0 Å². The molecule has 21 heavy (non-hydrogen) atoms. The summed E-state index contributed by atoms with van der Waals surface area (Å²) in [6.45, 7) is 2.04. The van der Waals surface area contributed by atoms with Gasteiger partial charge >= 0.3 is 0 Å². The third-order valence-corrected chi connectivity index (χ3v) is 3.88. The molecule has 1 aliphatic carbocycles. The Morgan fingerprint density at radius 3 is 2.90 bits per heavy atom. The van der Waals surface area contributed by atoms with Gasteiger partial charge in [0, 0.05) is 0 Å². The van der Waals surface area contributed by atoms with Gasteiger partial charge in [0.2, 0.25) is 0 Å². The number of phenolic OH excluding ortho intramolecular Hbond substituents is 1. The fraction of sp³-hybridized carbons (Fsp3) is 0.235. The number of hydrogen-bond donors (Lipinski definition) is 2. The number of fused-ring (bicyclic) bond motifs is 1. The van der Waals surface area contributed by atoms with Gasteiger partial charge in [0.15, 0.2) is 0 Å². The average molecular weight is 285 g/mol. The Labute approximate surface area is 122 Å². The molecule has 0 saturated carbocycles. The second-order valence-corrected chi connectivity index (χ2v) is 5.43. The maximum absolute atomic E-state index is 13.2. The standard InChI is InChI=1S/C17H16FNO2/c1-10-2-5-13-11(8-10)3-6-15(13)19-17(21)14-9-12(18)4-7-16(14)20/h2,4-5,7-9,15,20H,3,6H2,1H3,(H,19,21)/t15-/m1/s1. The molecule has 0 fully saturated rings. The van der Waals surface area contributed by atoms with Gasteiger partial charge in [-0.05, 0) is 49.1 Å². The number of nitrogens with one attached hydrogen (secondary N) is 1. The van der Waals surface area contributed by atoms with Crippen LogP contribution in [0.5, 0.6) is 5.75 Å². The molecule has 0 radical (unpaired) electrons. The van der Waals surface area contributed by atoms with Gasteiger partial charge in [0.1, 0.15) is 11.6 Å². The molecule has 1 amide bonds. The lowest BCUT2D eigenvalue weighted by Gasteiger charge is -2.15. The molecule has 0 aromatic heterocycles. The van der Waals surface area contributed by atoms with E-state index >= 15 is 0 Å². The minimum Gasteiger partial charge on any atom is -0.507 e. The number of halogens is 1. The first-order valence-electron chi connectivity index (χ1n) is 6.93. The Bertz CT molecular complexity index is 712. The van der Waals surface area contributed by atoms with Crippen molar-refractivity contribution in [1.82, 2.24) is 5.32 Å². The van der Waals surface area contributed by atoms with Crippen LogP contribution in [0.2, 0.25) is 0 Å². The SMILES string of the molecule is Cc1ccc2c(c1)CC[C@H]2NC(=O)c1cc(F)ccc1O. The maximum Gasteiger partial charge on any atom is 0.255 e. The molecular weight excluding hydrogens is 269 g/mol. The van der Waals surface area contributed by atoms with Crippen molar-refractivity contribution < 1.29 is 14.3 Å². The van der Waals surface area contributed by atoms with Gasteiger partial charge in [-0.3, -0.25) is 4.79 Å². The summed E-state index contributed by atoms with van der Waals surface area (Å²) in [5.74, 6) is -1.21. The summed E-state index contributed by atoms with van der Waals surface area (Å²) in [4.78, 5) is 12.2. The van der Waals surface area contributed by atoms with Crippen molar-refractivity contribution in [1.29, 1.82) is 0 Å². The largest absolute Gasteiger partial charge is 0.507 e. The molecule has 0 aliphatic heterocycles. The topological polar surface area (TPSA) is 49.3 Å². The number of amides is 1. The number of carbonyl (C=O) groups excluding carboxylic acids is 1. The van der Waals surface area contributed by atoms with E-state index in [-0.39, 0.29) is 17.4 Å². The predicted molar refractivity (Wildman–Crippen MR) is 77.8 cm³/mol. The molecule has 0 bridgehead atoms. The minimum atomic E-state index is -0.541. The zero-order valence-corrected chi connectivity index (χ0v) is 11.7. The molecule has 4 heteroatoms. The molecule has 1 aliphatic rings. The molecule has 108 valence electrons. The Hall–Kier alpha value is -2.36. The van der Waals surface area contributed by atoms with Crippen LogP contribution in [-0.2, 0) is 6.42 Å². The highest BCUT2D eigenvalue weighted by Crippen LogP contribution is 2.32. The van der Waals surface area contributed by atoms with Crippen molar-refractivity contribution in [3.05, 3.63) is 64.5 Å². The number of aryl methyl sites for hydroxylation is 2. The summed E-state index contributed by atoms with van der Waals surface area (Å²) in [5.41, 5.74) is 3.51. The quantitative estimate of drug-likeness (QED) is 0.889. The van der Waals surface area contributed by atoms with E-state index in [1.807, 2.05) is 19.1 Å². The summed E-state index contributed by atoms with van der Waals surface area (Å²) in [7, 11) is 0. The van der Waals surface area contributed by atoms with Crippen molar-refractivity contribution in [3.63, 3.8) is 0 Å².